The predicted molar refractivity (Wildman–Crippen MR) is 111 cm³/mol. The number of nitrogens with two attached hydrogens (primary N) is 1. The zero-order chi connectivity index (χ0) is 22.9. The molecule has 0 bridgehead atoms. The number of carbonyl (C=O) groups is 5. The molecule has 0 radical (unpaired) electrons. The lowest BCUT2D eigenvalue weighted by molar-refractivity contribution is -0.139. The summed E-state index contributed by atoms with van der Waals surface area (Å²) in [6.45, 7) is 3.43. The minimum atomic E-state index is -1.23. The molecular weight excluding hydrogens is 414 g/mol. The van der Waals surface area contributed by atoms with E-state index in [4.69, 9.17) is 15.9 Å². The van der Waals surface area contributed by atoms with Crippen molar-refractivity contribution in [3.63, 3.8) is 0 Å². The van der Waals surface area contributed by atoms with Gasteiger partial charge in [0.05, 0.1) is 0 Å². The Morgan fingerprint density at radius 2 is 1.93 bits per heavy atom. The fourth-order valence-corrected chi connectivity index (χ4v) is 3.79. The fraction of sp³-hybridized carbons (Fsp3) is 0.632. The Balaban J connectivity index is 2.65. The number of hydrogen-bond acceptors (Lipinski definition) is 7. The van der Waals surface area contributed by atoms with E-state index in [0.717, 1.165) is 6.42 Å². The number of thioether (sulfide) groups is 1. The van der Waals surface area contributed by atoms with E-state index in [0.29, 0.717) is 17.7 Å². The van der Waals surface area contributed by atoms with Crippen molar-refractivity contribution in [1.82, 2.24) is 10.6 Å². The summed E-state index contributed by atoms with van der Waals surface area (Å²) in [5.41, 5.74) is 5.96. The maximum atomic E-state index is 12.3. The summed E-state index contributed by atoms with van der Waals surface area (Å²) in [6, 6.07) is -2.23. The average molecular weight is 444 g/mol. The summed E-state index contributed by atoms with van der Waals surface area (Å²) in [4.78, 5) is 58.0. The van der Waals surface area contributed by atoms with E-state index in [1.54, 1.807) is 0 Å². The molecule has 0 saturated carbocycles. The molecule has 10 nitrogen and oxygen atoms in total. The van der Waals surface area contributed by atoms with Crippen molar-refractivity contribution in [3.05, 3.63) is 11.6 Å². The van der Waals surface area contributed by atoms with Gasteiger partial charge in [0.2, 0.25) is 11.8 Å². The van der Waals surface area contributed by atoms with Crippen LogP contribution in [0, 0.1) is 5.41 Å². The largest absolute Gasteiger partial charge is 0.480 e. The van der Waals surface area contributed by atoms with Crippen LogP contribution in [-0.2, 0) is 24.0 Å². The van der Waals surface area contributed by atoms with Gasteiger partial charge in [-0.1, -0.05) is 19.9 Å². The molecule has 168 valence electrons. The van der Waals surface area contributed by atoms with Crippen LogP contribution in [-0.4, -0.2) is 69.9 Å². The number of hydrogen-bond donors (Lipinski definition) is 5. The SMILES string of the molecule is CC1(C)CC=C(CSCC(NC(=O)CC[C@H](N)C(=O)O)C(=O)NCC(=O)O)C(=O)C1. The number of ketones is 1. The van der Waals surface area contributed by atoms with E-state index >= 15 is 0 Å². The second-order valence-corrected chi connectivity index (χ2v) is 8.96. The monoisotopic (exact) mass is 443 g/mol. The van der Waals surface area contributed by atoms with Crippen molar-refractivity contribution in [2.24, 2.45) is 11.1 Å². The molecular formula is C19H29N3O7S. The highest BCUT2D eigenvalue weighted by Crippen LogP contribution is 2.33. The van der Waals surface area contributed by atoms with E-state index in [-0.39, 0.29) is 29.8 Å². The van der Waals surface area contributed by atoms with Crippen LogP contribution in [0.15, 0.2) is 11.6 Å². The lowest BCUT2D eigenvalue weighted by Crippen LogP contribution is -2.49. The second-order valence-electron chi connectivity index (χ2n) is 7.93. The first-order chi connectivity index (χ1) is 13.9. The third kappa shape index (κ3) is 9.40. The number of Topliss-reactive ketones (excluding diaryl/α,β-unsaturated/α-hetero) is 1. The number of carbonyl (C=O) groups excluding carboxylic acids is 3. The molecule has 1 rings (SSSR count). The molecule has 0 aromatic carbocycles. The topological polar surface area (TPSA) is 176 Å². The van der Waals surface area contributed by atoms with Gasteiger partial charge in [-0.25, -0.2) is 0 Å². The summed E-state index contributed by atoms with van der Waals surface area (Å²) in [5.74, 6) is -3.16. The van der Waals surface area contributed by atoms with Gasteiger partial charge in [-0.15, -0.1) is 0 Å². The van der Waals surface area contributed by atoms with Gasteiger partial charge in [0, 0.05) is 29.9 Å². The summed E-state index contributed by atoms with van der Waals surface area (Å²) < 4.78 is 0. The maximum absolute atomic E-state index is 12.3. The molecule has 0 aromatic rings. The van der Waals surface area contributed by atoms with Gasteiger partial charge in [0.1, 0.15) is 18.6 Å². The molecule has 11 heteroatoms. The first-order valence-electron chi connectivity index (χ1n) is 9.48. The van der Waals surface area contributed by atoms with Crippen LogP contribution < -0.4 is 16.4 Å². The fourth-order valence-electron chi connectivity index (χ4n) is 2.71. The third-order valence-corrected chi connectivity index (χ3v) is 5.59. The lowest BCUT2D eigenvalue weighted by atomic mass is 9.78. The number of rotatable bonds is 12. The molecule has 1 aliphatic rings. The van der Waals surface area contributed by atoms with Crippen molar-refractivity contribution in [3.8, 4) is 0 Å². The quantitative estimate of drug-likeness (QED) is 0.276. The van der Waals surface area contributed by atoms with Gasteiger partial charge in [-0.05, 0) is 18.3 Å². The van der Waals surface area contributed by atoms with Crippen LogP contribution in [0.3, 0.4) is 0 Å². The number of carboxylic acids is 2. The van der Waals surface area contributed by atoms with Crippen molar-refractivity contribution in [1.29, 1.82) is 0 Å². The summed E-state index contributed by atoms with van der Waals surface area (Å²) >= 11 is 1.27. The minimum absolute atomic E-state index is 0.0531. The third-order valence-electron chi connectivity index (χ3n) is 4.51. The first kappa shape index (κ1) is 25.6. The van der Waals surface area contributed by atoms with E-state index in [2.05, 4.69) is 10.6 Å². The normalized spacial score (nSPS) is 17.4. The number of nitrogens with one attached hydrogen (secondary N) is 2. The molecule has 6 N–H and O–H groups in total. The Labute approximate surface area is 179 Å². The van der Waals surface area contributed by atoms with E-state index < -0.39 is 42.4 Å². The Hall–Kier alpha value is -2.40. The standard InChI is InChI=1S/C19H29N3O7S/c1-19(2)6-5-11(14(23)7-19)9-30-10-13(17(27)21-8-16(25)26)22-15(24)4-3-12(20)18(28)29/h5,12-13H,3-4,6-10,20H2,1-2H3,(H,21,27)(H,22,24)(H,25,26)(H,28,29)/t12-,13?/m0/s1. The van der Waals surface area contributed by atoms with Gasteiger partial charge in [0.25, 0.3) is 0 Å². The average Bonchev–Trinajstić information content (AvgIpc) is 2.64. The van der Waals surface area contributed by atoms with Gasteiger partial charge in [0.15, 0.2) is 5.78 Å². The molecule has 1 aliphatic carbocycles. The maximum Gasteiger partial charge on any atom is 0.322 e. The molecule has 0 fully saturated rings. The van der Waals surface area contributed by atoms with Crippen LogP contribution in [0.25, 0.3) is 0 Å². The van der Waals surface area contributed by atoms with Crippen LogP contribution in [0.2, 0.25) is 0 Å². The van der Waals surface area contributed by atoms with E-state index in [1.165, 1.54) is 11.8 Å². The first-order valence-corrected chi connectivity index (χ1v) is 10.6. The zero-order valence-electron chi connectivity index (χ0n) is 17.1. The summed E-state index contributed by atoms with van der Waals surface area (Å²) in [5, 5.41) is 22.2. The number of allylic oxidation sites excluding steroid dienone is 1. The molecule has 2 amide bonds. The summed E-state index contributed by atoms with van der Waals surface area (Å²) in [6.07, 6.45) is 2.82. The van der Waals surface area contributed by atoms with Crippen LogP contribution in [0.5, 0.6) is 0 Å². The Morgan fingerprint density at radius 1 is 1.27 bits per heavy atom. The molecule has 0 aromatic heterocycles. The number of amides is 2. The van der Waals surface area contributed by atoms with Crippen molar-refractivity contribution in [2.45, 2.75) is 51.6 Å². The molecule has 0 aliphatic heterocycles. The molecule has 0 saturated heterocycles. The molecule has 30 heavy (non-hydrogen) atoms. The smallest absolute Gasteiger partial charge is 0.322 e. The van der Waals surface area contributed by atoms with Gasteiger partial charge < -0.3 is 26.6 Å². The van der Waals surface area contributed by atoms with Crippen LogP contribution in [0.1, 0.15) is 39.5 Å². The second kappa shape index (κ2) is 11.7. The Kier molecular flexibility index (Phi) is 10.00. The number of carboxylic acid groups (broad SMARTS) is 2. The molecule has 2 atom stereocenters. The lowest BCUT2D eigenvalue weighted by Gasteiger charge is -2.27. The van der Waals surface area contributed by atoms with Crippen molar-refractivity contribution in [2.75, 3.05) is 18.1 Å². The van der Waals surface area contributed by atoms with E-state index in [1.807, 2.05) is 19.9 Å². The Bertz CT molecular complexity index is 721. The molecule has 0 spiro atoms. The predicted octanol–water partition coefficient (Wildman–Crippen LogP) is -0.0872. The van der Waals surface area contributed by atoms with Crippen LogP contribution in [0.4, 0.5) is 0 Å². The zero-order valence-corrected chi connectivity index (χ0v) is 17.9. The molecule has 0 heterocycles. The highest BCUT2D eigenvalue weighted by molar-refractivity contribution is 7.99. The molecule has 1 unspecified atom stereocenters. The van der Waals surface area contributed by atoms with Crippen molar-refractivity contribution < 1.29 is 34.2 Å². The summed E-state index contributed by atoms with van der Waals surface area (Å²) in [7, 11) is 0. The van der Waals surface area contributed by atoms with Gasteiger partial charge >= 0.3 is 11.9 Å². The number of aliphatic carboxylic acids is 2. The minimum Gasteiger partial charge on any atom is -0.480 e. The van der Waals surface area contributed by atoms with Crippen LogP contribution >= 0.6 is 11.8 Å². The van der Waals surface area contributed by atoms with E-state index in [9.17, 15) is 24.0 Å². The van der Waals surface area contributed by atoms with Gasteiger partial charge in [-0.3, -0.25) is 24.0 Å². The van der Waals surface area contributed by atoms with Crippen molar-refractivity contribution >= 4 is 41.3 Å². The Morgan fingerprint density at radius 3 is 2.50 bits per heavy atom. The van der Waals surface area contributed by atoms with Gasteiger partial charge in [-0.2, -0.15) is 11.8 Å². The highest BCUT2D eigenvalue weighted by atomic mass is 32.2. The highest BCUT2D eigenvalue weighted by Gasteiger charge is 2.28.